The fourth-order valence-electron chi connectivity index (χ4n) is 1.22. The maximum atomic E-state index is 13.2. The van der Waals surface area contributed by atoms with E-state index in [2.05, 4.69) is 0 Å². The van der Waals surface area contributed by atoms with E-state index in [1.54, 1.807) is 18.2 Å². The van der Waals surface area contributed by atoms with Crippen LogP contribution in [0.3, 0.4) is 0 Å². The number of aromatic nitrogens is 2. The van der Waals surface area contributed by atoms with Crippen LogP contribution in [0.5, 0.6) is 0 Å². The van der Waals surface area contributed by atoms with Crippen molar-refractivity contribution in [2.45, 2.75) is 0 Å². The minimum atomic E-state index is -10.7. The van der Waals surface area contributed by atoms with Crippen LogP contribution in [0.1, 0.15) is 0 Å². The van der Waals surface area contributed by atoms with Gasteiger partial charge in [0.25, 0.3) is 5.69 Å². The molecule has 2 aromatic heterocycles. The molecule has 2 heterocycles. The SMILES string of the molecule is F[P-](F)(F)(F)(F)F.F[P-](F)(F)(F)(F)F.F[n+]1ccc(-c2cccc[n+]2F)cc1. The summed E-state index contributed by atoms with van der Waals surface area (Å²) in [7, 11) is -21.3. The number of halogens is 14. The fraction of sp³-hybridized carbons (Fsp3) is 0. The molecule has 0 amide bonds. The van der Waals surface area contributed by atoms with E-state index in [-0.39, 0.29) is 0 Å². The summed E-state index contributed by atoms with van der Waals surface area (Å²) in [5.41, 5.74) is 1.02. The van der Waals surface area contributed by atoms with Crippen LogP contribution in [0.2, 0.25) is 0 Å². The normalized spacial score (nSPS) is 16.6. The Kier molecular flexibility index (Phi) is 5.93. The van der Waals surface area contributed by atoms with Gasteiger partial charge in [0, 0.05) is 33.8 Å². The zero-order chi connectivity index (χ0) is 22.8. The summed E-state index contributed by atoms with van der Waals surface area (Å²) in [5.74, 6) is 0. The van der Waals surface area contributed by atoms with E-state index >= 15 is 0 Å². The molecule has 0 N–H and O–H groups in total. The molecule has 2 rings (SSSR count). The van der Waals surface area contributed by atoms with Crippen molar-refractivity contribution in [2.75, 3.05) is 0 Å². The van der Waals surface area contributed by atoms with Crippen molar-refractivity contribution in [1.29, 1.82) is 0 Å². The van der Waals surface area contributed by atoms with Crippen LogP contribution in [-0.2, 0) is 0 Å². The molecule has 0 radical (unpaired) electrons. The molecule has 18 heteroatoms. The van der Waals surface area contributed by atoms with Crippen LogP contribution in [0.25, 0.3) is 11.3 Å². The average molecular weight is 484 g/mol. The summed E-state index contributed by atoms with van der Waals surface area (Å²) in [6.07, 6.45) is 3.75. The summed E-state index contributed by atoms with van der Waals surface area (Å²) in [4.78, 5) is 0.910. The number of hydrogen-bond donors (Lipinski definition) is 0. The van der Waals surface area contributed by atoms with Gasteiger partial charge in [-0.05, 0) is 6.07 Å². The van der Waals surface area contributed by atoms with Gasteiger partial charge in [-0.25, -0.2) is 0 Å². The molecule has 2 aromatic rings. The Labute approximate surface area is 146 Å². The Morgan fingerprint density at radius 2 is 0.893 bits per heavy atom. The quantitative estimate of drug-likeness (QED) is 0.285. The Bertz CT molecular complexity index is 759. The first-order chi connectivity index (χ1) is 11.7. The molecule has 0 aliphatic carbocycles. The van der Waals surface area contributed by atoms with E-state index in [4.69, 9.17) is 0 Å². The van der Waals surface area contributed by atoms with Crippen molar-refractivity contribution in [1.82, 2.24) is 0 Å². The number of nitrogens with zero attached hydrogens (tertiary/aromatic N) is 2. The summed E-state index contributed by atoms with van der Waals surface area (Å²) in [5, 5.41) is 0. The largest absolute Gasteiger partial charge is 0.261 e. The third-order valence-electron chi connectivity index (χ3n) is 1.90. The predicted octanol–water partition coefficient (Wildman–Crippen LogP) is 8.16. The van der Waals surface area contributed by atoms with E-state index in [9.17, 15) is 59.3 Å². The Morgan fingerprint density at radius 3 is 1.21 bits per heavy atom. The van der Waals surface area contributed by atoms with Gasteiger partial charge >= 0.3 is 66.0 Å². The van der Waals surface area contributed by atoms with Gasteiger partial charge in [-0.15, -0.1) is 0 Å². The second kappa shape index (κ2) is 6.34. The van der Waals surface area contributed by atoms with Gasteiger partial charge < -0.3 is 0 Å². The maximum Gasteiger partial charge on any atom is 0.261 e. The van der Waals surface area contributed by atoms with E-state index in [0.717, 1.165) is 0 Å². The summed E-state index contributed by atoms with van der Waals surface area (Å²) in [6, 6.07) is 7.94. The van der Waals surface area contributed by atoms with Crippen LogP contribution in [0.15, 0.2) is 48.9 Å². The minimum Gasteiger partial charge on any atom is -0.0494 e. The molecule has 0 spiro atoms. The summed E-state index contributed by atoms with van der Waals surface area (Å²) in [6.45, 7) is 0. The van der Waals surface area contributed by atoms with Gasteiger partial charge in [-0.1, -0.05) is 0 Å². The van der Waals surface area contributed by atoms with E-state index in [0.29, 0.717) is 20.8 Å². The summed E-state index contributed by atoms with van der Waals surface area (Å²) < 4.78 is 144. The molecule has 28 heavy (non-hydrogen) atoms. The van der Waals surface area contributed by atoms with Gasteiger partial charge in [0.2, 0.25) is 18.6 Å². The molecule has 0 saturated heterocycles. The second-order valence-corrected chi connectivity index (χ2v) is 8.58. The Morgan fingerprint density at radius 1 is 0.536 bits per heavy atom. The second-order valence-electron chi connectivity index (χ2n) is 4.74. The zero-order valence-corrected chi connectivity index (χ0v) is 14.5. The topological polar surface area (TPSA) is 7.76 Å². The van der Waals surface area contributed by atoms with E-state index < -0.39 is 15.6 Å². The van der Waals surface area contributed by atoms with Gasteiger partial charge in [-0.2, -0.15) is 0 Å². The number of hydrogen-bond acceptors (Lipinski definition) is 0. The first-order valence-electron chi connectivity index (χ1n) is 6.15. The van der Waals surface area contributed by atoms with Crippen LogP contribution < -0.4 is 9.58 Å². The molecular weight excluding hydrogens is 476 g/mol. The molecule has 0 fully saturated rings. The van der Waals surface area contributed by atoms with Crippen molar-refractivity contribution >= 4 is 15.6 Å². The van der Waals surface area contributed by atoms with E-state index in [1.807, 2.05) is 0 Å². The van der Waals surface area contributed by atoms with Gasteiger partial charge in [0.1, 0.15) is 0 Å². The zero-order valence-electron chi connectivity index (χ0n) is 12.7. The van der Waals surface area contributed by atoms with Crippen molar-refractivity contribution < 1.29 is 68.9 Å². The monoisotopic (exact) mass is 484 g/mol. The van der Waals surface area contributed by atoms with Crippen LogP contribution in [0.4, 0.5) is 59.3 Å². The van der Waals surface area contributed by atoms with Crippen LogP contribution >= 0.6 is 15.6 Å². The first kappa shape index (κ1) is 26.2. The van der Waals surface area contributed by atoms with Crippen LogP contribution in [-0.4, -0.2) is 0 Å². The minimum absolute atomic E-state index is 0.396. The Balaban J connectivity index is 0.000000444. The molecule has 0 unspecified atom stereocenters. The van der Waals surface area contributed by atoms with Crippen molar-refractivity contribution in [2.24, 2.45) is 0 Å². The summed E-state index contributed by atoms with van der Waals surface area (Å²) >= 11 is 0. The van der Waals surface area contributed by atoms with Gasteiger partial charge in [0.05, 0.1) is 14.5 Å². The molecule has 166 valence electrons. The molecule has 0 aliphatic heterocycles. The van der Waals surface area contributed by atoms with Crippen molar-refractivity contribution in [3.05, 3.63) is 48.9 Å². The van der Waals surface area contributed by atoms with Crippen LogP contribution in [0, 0.1) is 0 Å². The predicted molar refractivity (Wildman–Crippen MR) is 72.4 cm³/mol. The molecule has 0 atom stereocenters. The Hall–Kier alpha value is -1.82. The smallest absolute Gasteiger partial charge is 0.0494 e. The average Bonchev–Trinajstić information content (AvgIpc) is 2.33. The third-order valence-corrected chi connectivity index (χ3v) is 1.90. The molecular formula is C10H8F14N2P2. The van der Waals surface area contributed by atoms with Crippen molar-refractivity contribution in [3.8, 4) is 11.3 Å². The fourth-order valence-corrected chi connectivity index (χ4v) is 1.22. The molecule has 0 aliphatic rings. The molecule has 2 nitrogen and oxygen atoms in total. The van der Waals surface area contributed by atoms with Gasteiger partial charge in [-0.3, -0.25) is 0 Å². The van der Waals surface area contributed by atoms with Gasteiger partial charge in [0.15, 0.2) is 0 Å². The number of pyridine rings is 2. The first-order valence-corrected chi connectivity index (χ1v) is 10.2. The van der Waals surface area contributed by atoms with Crippen molar-refractivity contribution in [3.63, 3.8) is 0 Å². The maximum absolute atomic E-state index is 13.2. The molecule has 0 saturated carbocycles. The standard InChI is InChI=1S/C10H8F2N2.2F6P/c11-13-7-4-9(5-8-13)10-3-1-2-6-14(10)12;2*1-7(2,3,4,5)6/h1-8H;;/q+2;2*-1. The number of rotatable bonds is 1. The molecule has 0 bridgehead atoms. The van der Waals surface area contributed by atoms with E-state index in [1.165, 1.54) is 30.7 Å². The molecule has 0 aromatic carbocycles. The third kappa shape index (κ3) is 24.2.